The minimum atomic E-state index is 0.0767. The normalized spacial score (nSPS) is 15.6. The predicted molar refractivity (Wildman–Crippen MR) is 71.0 cm³/mol. The molecule has 0 aliphatic rings. The number of aromatic nitrogens is 1. The van der Waals surface area contributed by atoms with Crippen molar-refractivity contribution in [3.8, 4) is 0 Å². The molecule has 1 heterocycles. The van der Waals surface area contributed by atoms with Crippen LogP contribution in [-0.2, 0) is 4.74 Å². The monoisotopic (exact) mass is 236 g/mol. The van der Waals surface area contributed by atoms with Gasteiger partial charge in [0.1, 0.15) is 0 Å². The van der Waals surface area contributed by atoms with Crippen LogP contribution < -0.4 is 5.32 Å². The smallest absolute Gasteiger partial charge is 0.0814 e. The highest BCUT2D eigenvalue weighted by atomic mass is 16.5. The summed E-state index contributed by atoms with van der Waals surface area (Å²) < 4.78 is 5.66. The Hall–Kier alpha value is -0.930. The third kappa shape index (κ3) is 3.51. The third-order valence-electron chi connectivity index (χ3n) is 3.01. The van der Waals surface area contributed by atoms with E-state index < -0.39 is 0 Å². The highest BCUT2D eigenvalue weighted by Crippen LogP contribution is 2.31. The first kappa shape index (κ1) is 14.1. The lowest BCUT2D eigenvalue weighted by molar-refractivity contribution is -0.0102. The van der Waals surface area contributed by atoms with E-state index in [1.807, 2.05) is 26.2 Å². The number of nitrogens with zero attached hydrogens (tertiary/aromatic N) is 1. The van der Waals surface area contributed by atoms with Gasteiger partial charge in [0.15, 0.2) is 0 Å². The molecule has 0 radical (unpaired) electrons. The molecule has 17 heavy (non-hydrogen) atoms. The maximum atomic E-state index is 5.66. The number of rotatable bonds is 4. The Labute approximate surface area is 105 Å². The standard InChI is InChI=1S/C14H24N2O/c1-10-7-8-11(9-16-10)12(15-5)13(17-6)14(2,3)4/h7-9,12-13,15H,1-6H3. The zero-order chi connectivity index (χ0) is 13.1. The van der Waals surface area contributed by atoms with Crippen molar-refractivity contribution < 1.29 is 4.74 Å². The number of nitrogens with one attached hydrogen (secondary N) is 1. The molecule has 0 fully saturated rings. The number of hydrogen-bond acceptors (Lipinski definition) is 3. The lowest BCUT2D eigenvalue weighted by Gasteiger charge is -2.36. The molecule has 3 heteroatoms. The van der Waals surface area contributed by atoms with Crippen LogP contribution in [0.25, 0.3) is 0 Å². The average Bonchev–Trinajstić information content (AvgIpc) is 2.25. The molecule has 1 rings (SSSR count). The highest BCUT2D eigenvalue weighted by Gasteiger charge is 2.32. The van der Waals surface area contributed by atoms with Gasteiger partial charge in [0, 0.05) is 19.0 Å². The molecule has 0 saturated heterocycles. The van der Waals surface area contributed by atoms with Gasteiger partial charge in [-0.1, -0.05) is 26.8 Å². The molecule has 96 valence electrons. The Bertz CT molecular complexity index is 340. The van der Waals surface area contributed by atoms with Gasteiger partial charge in [-0.2, -0.15) is 0 Å². The fourth-order valence-electron chi connectivity index (χ4n) is 2.15. The lowest BCUT2D eigenvalue weighted by Crippen LogP contribution is -2.40. The van der Waals surface area contributed by atoms with Gasteiger partial charge in [0.05, 0.1) is 12.1 Å². The molecule has 0 bridgehead atoms. The van der Waals surface area contributed by atoms with Crippen LogP contribution in [0.1, 0.15) is 38.1 Å². The fraction of sp³-hybridized carbons (Fsp3) is 0.643. The van der Waals surface area contributed by atoms with E-state index in [2.05, 4.69) is 37.1 Å². The molecular formula is C14H24N2O. The van der Waals surface area contributed by atoms with Gasteiger partial charge >= 0.3 is 0 Å². The molecule has 2 atom stereocenters. The van der Waals surface area contributed by atoms with Crippen molar-refractivity contribution in [3.05, 3.63) is 29.6 Å². The second-order valence-electron chi connectivity index (χ2n) is 5.52. The van der Waals surface area contributed by atoms with Gasteiger partial charge in [-0.05, 0) is 31.0 Å². The summed E-state index contributed by atoms with van der Waals surface area (Å²) in [4.78, 5) is 4.35. The zero-order valence-corrected chi connectivity index (χ0v) is 11.7. The number of methoxy groups -OCH3 is 1. The number of ether oxygens (including phenoxy) is 1. The second kappa shape index (κ2) is 5.61. The Morgan fingerprint density at radius 2 is 1.94 bits per heavy atom. The number of hydrogen-bond donors (Lipinski definition) is 1. The van der Waals surface area contributed by atoms with Crippen molar-refractivity contribution in [1.82, 2.24) is 10.3 Å². The summed E-state index contributed by atoms with van der Waals surface area (Å²) in [6, 6.07) is 4.31. The van der Waals surface area contributed by atoms with Gasteiger partial charge in [-0.3, -0.25) is 4.98 Å². The van der Waals surface area contributed by atoms with E-state index in [4.69, 9.17) is 4.74 Å². The van der Waals surface area contributed by atoms with E-state index in [0.29, 0.717) is 0 Å². The SMILES string of the molecule is CNC(c1ccc(C)nc1)C(OC)C(C)(C)C. The third-order valence-corrected chi connectivity index (χ3v) is 3.01. The quantitative estimate of drug-likeness (QED) is 0.872. The molecule has 0 spiro atoms. The molecule has 1 aromatic rings. The molecule has 0 saturated carbocycles. The number of likely N-dealkylation sites (N-methyl/N-ethyl adjacent to an activating group) is 1. The van der Waals surface area contributed by atoms with E-state index in [1.165, 1.54) is 5.56 Å². The summed E-state index contributed by atoms with van der Waals surface area (Å²) in [5.41, 5.74) is 2.28. The van der Waals surface area contributed by atoms with Crippen LogP contribution in [0.15, 0.2) is 18.3 Å². The minimum absolute atomic E-state index is 0.0767. The van der Waals surface area contributed by atoms with E-state index in [9.17, 15) is 0 Å². The van der Waals surface area contributed by atoms with Crippen molar-refractivity contribution in [3.63, 3.8) is 0 Å². The van der Waals surface area contributed by atoms with E-state index in [1.54, 1.807) is 7.11 Å². The highest BCUT2D eigenvalue weighted by molar-refractivity contribution is 5.19. The summed E-state index contributed by atoms with van der Waals surface area (Å²) in [5, 5.41) is 3.33. The largest absolute Gasteiger partial charge is 0.379 e. The molecular weight excluding hydrogens is 212 g/mol. The van der Waals surface area contributed by atoms with Crippen molar-refractivity contribution in [2.24, 2.45) is 5.41 Å². The Kier molecular flexibility index (Phi) is 4.66. The molecule has 1 aromatic heterocycles. The Balaban J connectivity index is 3.01. The summed E-state index contributed by atoms with van der Waals surface area (Å²) in [5.74, 6) is 0. The molecule has 2 unspecified atom stereocenters. The van der Waals surface area contributed by atoms with E-state index in [-0.39, 0.29) is 17.6 Å². The molecule has 0 aliphatic heterocycles. The Morgan fingerprint density at radius 1 is 1.29 bits per heavy atom. The van der Waals surface area contributed by atoms with Gasteiger partial charge in [-0.25, -0.2) is 0 Å². The molecule has 0 aliphatic carbocycles. The van der Waals surface area contributed by atoms with Crippen LogP contribution in [0.2, 0.25) is 0 Å². The van der Waals surface area contributed by atoms with Gasteiger partial charge < -0.3 is 10.1 Å². The van der Waals surface area contributed by atoms with Crippen molar-refractivity contribution in [1.29, 1.82) is 0 Å². The van der Waals surface area contributed by atoms with Crippen LogP contribution in [-0.4, -0.2) is 25.2 Å². The molecule has 1 N–H and O–H groups in total. The van der Waals surface area contributed by atoms with Gasteiger partial charge in [-0.15, -0.1) is 0 Å². The maximum Gasteiger partial charge on any atom is 0.0814 e. The van der Waals surface area contributed by atoms with Crippen LogP contribution in [0.4, 0.5) is 0 Å². The molecule has 0 amide bonds. The fourth-order valence-corrected chi connectivity index (χ4v) is 2.15. The van der Waals surface area contributed by atoms with E-state index >= 15 is 0 Å². The summed E-state index contributed by atoms with van der Waals surface area (Å²) in [6.07, 6.45) is 2.03. The number of aryl methyl sites for hydroxylation is 1. The van der Waals surface area contributed by atoms with Crippen LogP contribution in [0.5, 0.6) is 0 Å². The van der Waals surface area contributed by atoms with Gasteiger partial charge in [0.2, 0.25) is 0 Å². The predicted octanol–water partition coefficient (Wildman–Crippen LogP) is 2.71. The molecule has 3 nitrogen and oxygen atoms in total. The molecule has 0 aromatic carbocycles. The van der Waals surface area contributed by atoms with Crippen LogP contribution in [0.3, 0.4) is 0 Å². The first-order valence-corrected chi connectivity index (χ1v) is 6.02. The first-order valence-electron chi connectivity index (χ1n) is 6.02. The lowest BCUT2D eigenvalue weighted by atomic mass is 9.82. The first-order chi connectivity index (χ1) is 7.90. The maximum absolute atomic E-state index is 5.66. The summed E-state index contributed by atoms with van der Waals surface area (Å²) in [6.45, 7) is 8.56. The van der Waals surface area contributed by atoms with Crippen LogP contribution >= 0.6 is 0 Å². The van der Waals surface area contributed by atoms with Crippen LogP contribution in [0, 0.1) is 12.3 Å². The number of pyridine rings is 1. The minimum Gasteiger partial charge on any atom is -0.379 e. The average molecular weight is 236 g/mol. The second-order valence-corrected chi connectivity index (χ2v) is 5.52. The zero-order valence-electron chi connectivity index (χ0n) is 11.7. The van der Waals surface area contributed by atoms with Gasteiger partial charge in [0.25, 0.3) is 0 Å². The Morgan fingerprint density at radius 3 is 2.29 bits per heavy atom. The topological polar surface area (TPSA) is 34.2 Å². The summed E-state index contributed by atoms with van der Waals surface area (Å²) >= 11 is 0. The summed E-state index contributed by atoms with van der Waals surface area (Å²) in [7, 11) is 3.73. The van der Waals surface area contributed by atoms with Crippen molar-refractivity contribution in [2.45, 2.75) is 39.8 Å². The van der Waals surface area contributed by atoms with E-state index in [0.717, 1.165) is 5.69 Å². The van der Waals surface area contributed by atoms with Crippen molar-refractivity contribution in [2.75, 3.05) is 14.2 Å². The van der Waals surface area contributed by atoms with Crippen molar-refractivity contribution >= 4 is 0 Å².